The summed E-state index contributed by atoms with van der Waals surface area (Å²) in [6.45, 7) is 6.99. The first-order chi connectivity index (χ1) is 28.9. The molecule has 0 amide bonds. The van der Waals surface area contributed by atoms with Gasteiger partial charge in [-0.1, -0.05) is 168 Å². The second-order valence-electron chi connectivity index (χ2n) is 18.3. The first kappa shape index (κ1) is 37.6. The Bertz CT molecular complexity index is 2580. The second-order valence-corrected chi connectivity index (χ2v) is 18.3. The van der Waals surface area contributed by atoms with E-state index in [1.807, 2.05) is 0 Å². The maximum Gasteiger partial charge on any atom is 0.0470 e. The summed E-state index contributed by atoms with van der Waals surface area (Å²) in [5.41, 5.74) is 20.7. The third-order valence-electron chi connectivity index (χ3n) is 14.1. The summed E-state index contributed by atoms with van der Waals surface area (Å²) < 4.78 is 0. The van der Waals surface area contributed by atoms with Crippen molar-refractivity contribution in [2.75, 3.05) is 4.90 Å². The van der Waals surface area contributed by atoms with Gasteiger partial charge in [-0.3, -0.25) is 0 Å². The van der Waals surface area contributed by atoms with Crippen LogP contribution in [-0.2, 0) is 5.41 Å². The molecule has 10 rings (SSSR count). The van der Waals surface area contributed by atoms with Gasteiger partial charge in [0.15, 0.2) is 0 Å². The van der Waals surface area contributed by atoms with Crippen LogP contribution in [0.15, 0.2) is 158 Å². The predicted molar refractivity (Wildman–Crippen MR) is 251 cm³/mol. The van der Waals surface area contributed by atoms with Crippen molar-refractivity contribution in [1.82, 2.24) is 0 Å². The summed E-state index contributed by atoms with van der Waals surface area (Å²) >= 11 is 0. The Labute approximate surface area is 352 Å². The summed E-state index contributed by atoms with van der Waals surface area (Å²) in [5, 5.41) is 0. The molecule has 59 heavy (non-hydrogen) atoms. The topological polar surface area (TPSA) is 3.24 Å². The first-order valence-corrected chi connectivity index (χ1v) is 22.5. The Kier molecular flexibility index (Phi) is 10.1. The van der Waals surface area contributed by atoms with Crippen molar-refractivity contribution in [2.45, 2.75) is 102 Å². The van der Waals surface area contributed by atoms with Crippen molar-refractivity contribution in [3.05, 3.63) is 186 Å². The van der Waals surface area contributed by atoms with Crippen LogP contribution in [0.1, 0.15) is 118 Å². The zero-order valence-corrected chi connectivity index (χ0v) is 35.2. The van der Waals surface area contributed by atoms with E-state index in [2.05, 4.69) is 183 Å². The lowest BCUT2D eigenvalue weighted by Crippen LogP contribution is -2.16. The highest BCUT2D eigenvalue weighted by atomic mass is 15.1. The highest BCUT2D eigenvalue weighted by molar-refractivity contribution is 5.87. The van der Waals surface area contributed by atoms with Gasteiger partial charge in [-0.25, -0.2) is 0 Å². The molecule has 2 fully saturated rings. The molecule has 0 aromatic heterocycles. The molecule has 0 saturated heterocycles. The van der Waals surface area contributed by atoms with Gasteiger partial charge in [0, 0.05) is 22.5 Å². The van der Waals surface area contributed by atoms with E-state index in [1.54, 1.807) is 0 Å². The molecule has 3 aliphatic rings. The van der Waals surface area contributed by atoms with Crippen molar-refractivity contribution in [2.24, 2.45) is 0 Å². The SMILES string of the molecule is Cc1cc(-c2cccc(-c3ccc(C4CCCCC4)cc3)c2)cc(N(c2ccc(-c3ccc(C4CCCCC4)cc3)cc2)c2ccc3c(c2)C(C)(C)c2ccccc2-3)c1. The zero-order chi connectivity index (χ0) is 39.9. The molecule has 0 N–H and O–H groups in total. The monoisotopic (exact) mass is 767 g/mol. The highest BCUT2D eigenvalue weighted by Gasteiger charge is 2.35. The molecular weight excluding hydrogens is 711 g/mol. The van der Waals surface area contributed by atoms with E-state index in [0.29, 0.717) is 0 Å². The van der Waals surface area contributed by atoms with Gasteiger partial charge in [-0.15, -0.1) is 0 Å². The Hall–Kier alpha value is -5.66. The molecule has 7 aromatic carbocycles. The summed E-state index contributed by atoms with van der Waals surface area (Å²) in [5.74, 6) is 1.44. The number of nitrogens with zero attached hydrogens (tertiary/aromatic N) is 1. The lowest BCUT2D eigenvalue weighted by molar-refractivity contribution is 0.443. The number of aryl methyl sites for hydroxylation is 1. The van der Waals surface area contributed by atoms with E-state index in [4.69, 9.17) is 0 Å². The summed E-state index contributed by atoms with van der Waals surface area (Å²) in [7, 11) is 0. The van der Waals surface area contributed by atoms with Gasteiger partial charge in [0.05, 0.1) is 0 Å². The summed E-state index contributed by atoms with van der Waals surface area (Å²) in [6, 6.07) is 60.4. The third-order valence-corrected chi connectivity index (χ3v) is 14.1. The van der Waals surface area contributed by atoms with Gasteiger partial charge < -0.3 is 4.90 Å². The maximum atomic E-state index is 2.47. The van der Waals surface area contributed by atoms with E-state index in [1.165, 1.54) is 148 Å². The number of benzene rings is 7. The van der Waals surface area contributed by atoms with Gasteiger partial charge in [0.25, 0.3) is 0 Å². The molecule has 0 radical (unpaired) electrons. The van der Waals surface area contributed by atoms with E-state index in [9.17, 15) is 0 Å². The molecule has 1 nitrogen and oxygen atoms in total. The molecule has 0 unspecified atom stereocenters. The minimum Gasteiger partial charge on any atom is -0.310 e. The molecule has 3 aliphatic carbocycles. The fourth-order valence-corrected chi connectivity index (χ4v) is 10.8. The normalized spacial score (nSPS) is 16.4. The van der Waals surface area contributed by atoms with Gasteiger partial charge in [0.1, 0.15) is 0 Å². The number of anilines is 3. The fraction of sp³-hybridized carbons (Fsp3) is 0.276. The Morgan fingerprint density at radius 2 is 0.915 bits per heavy atom. The standard InChI is InChI=1S/C58H57N/c1-40-35-50(49-18-12-17-48(37-49)47-27-25-44(26-28-47)42-15-8-5-9-16-42)38-53(36-40)59(52-33-34-55-54-19-10-11-20-56(54)58(2,3)57(55)39-52)51-31-29-46(30-32-51)45-23-21-43(22-24-45)41-13-6-4-7-14-41/h10-12,17-39,41-42H,4-9,13-16H2,1-3H3. The molecule has 0 spiro atoms. The average molecular weight is 768 g/mol. The smallest absolute Gasteiger partial charge is 0.0470 e. The second kappa shape index (κ2) is 15.8. The van der Waals surface area contributed by atoms with Crippen LogP contribution in [0.5, 0.6) is 0 Å². The maximum absolute atomic E-state index is 2.47. The number of rotatable bonds is 8. The third kappa shape index (κ3) is 7.35. The molecule has 2 saturated carbocycles. The van der Waals surface area contributed by atoms with Crippen molar-refractivity contribution >= 4 is 17.1 Å². The van der Waals surface area contributed by atoms with E-state index in [0.717, 1.165) is 17.5 Å². The fourth-order valence-electron chi connectivity index (χ4n) is 10.8. The van der Waals surface area contributed by atoms with Gasteiger partial charge >= 0.3 is 0 Å². The molecule has 294 valence electrons. The van der Waals surface area contributed by atoms with Crippen LogP contribution >= 0.6 is 0 Å². The lowest BCUT2D eigenvalue weighted by atomic mass is 9.82. The lowest BCUT2D eigenvalue weighted by Gasteiger charge is -2.29. The van der Waals surface area contributed by atoms with Crippen LogP contribution in [0, 0.1) is 6.92 Å². The Morgan fingerprint density at radius 3 is 1.54 bits per heavy atom. The largest absolute Gasteiger partial charge is 0.310 e. The summed E-state index contributed by atoms with van der Waals surface area (Å²) in [4.78, 5) is 2.47. The van der Waals surface area contributed by atoms with Gasteiger partial charge in [-0.2, -0.15) is 0 Å². The van der Waals surface area contributed by atoms with Crippen LogP contribution in [0.2, 0.25) is 0 Å². The van der Waals surface area contributed by atoms with Crippen LogP contribution in [0.4, 0.5) is 17.1 Å². The molecule has 0 aliphatic heterocycles. The van der Waals surface area contributed by atoms with E-state index >= 15 is 0 Å². The number of fused-ring (bicyclic) bond motifs is 3. The molecule has 0 atom stereocenters. The first-order valence-electron chi connectivity index (χ1n) is 22.5. The predicted octanol–water partition coefficient (Wildman–Crippen LogP) is 16.9. The van der Waals surface area contributed by atoms with E-state index in [-0.39, 0.29) is 5.41 Å². The number of hydrogen-bond donors (Lipinski definition) is 0. The average Bonchev–Trinajstić information content (AvgIpc) is 3.52. The molecule has 0 bridgehead atoms. The molecule has 1 heteroatoms. The van der Waals surface area contributed by atoms with Gasteiger partial charge in [0.2, 0.25) is 0 Å². The van der Waals surface area contributed by atoms with Crippen LogP contribution < -0.4 is 4.90 Å². The van der Waals surface area contributed by atoms with Gasteiger partial charge in [-0.05, 0) is 159 Å². The van der Waals surface area contributed by atoms with Crippen LogP contribution in [-0.4, -0.2) is 0 Å². The van der Waals surface area contributed by atoms with Crippen molar-refractivity contribution in [3.8, 4) is 44.5 Å². The van der Waals surface area contributed by atoms with Crippen molar-refractivity contribution in [3.63, 3.8) is 0 Å². The van der Waals surface area contributed by atoms with E-state index < -0.39 is 0 Å². The minimum absolute atomic E-state index is 0.0892. The Morgan fingerprint density at radius 1 is 0.390 bits per heavy atom. The molecule has 7 aromatic rings. The molecule has 0 heterocycles. The Balaban J connectivity index is 1.02. The molecular formula is C58H57N. The van der Waals surface area contributed by atoms with Crippen LogP contribution in [0.25, 0.3) is 44.5 Å². The zero-order valence-electron chi connectivity index (χ0n) is 35.2. The quantitative estimate of drug-likeness (QED) is 0.149. The minimum atomic E-state index is -0.0892. The highest BCUT2D eigenvalue weighted by Crippen LogP contribution is 2.51. The van der Waals surface area contributed by atoms with Crippen LogP contribution in [0.3, 0.4) is 0 Å². The number of hydrogen-bond acceptors (Lipinski definition) is 1. The van der Waals surface area contributed by atoms with Crippen molar-refractivity contribution < 1.29 is 0 Å². The van der Waals surface area contributed by atoms with Crippen molar-refractivity contribution in [1.29, 1.82) is 0 Å². The summed E-state index contributed by atoms with van der Waals surface area (Å²) in [6.07, 6.45) is 13.6.